The van der Waals surface area contributed by atoms with Gasteiger partial charge in [0.05, 0.1) is 0 Å². The Morgan fingerprint density at radius 2 is 1.80 bits per heavy atom. The first kappa shape index (κ1) is 16.3. The van der Waals surface area contributed by atoms with Gasteiger partial charge in [-0.15, -0.1) is 0 Å². The Balaban J connectivity index is 2.03. The summed E-state index contributed by atoms with van der Waals surface area (Å²) in [6, 6.07) is 16.0. The Labute approximate surface area is 152 Å². The summed E-state index contributed by atoms with van der Waals surface area (Å²) in [5, 5.41) is 0. The molecule has 2 heteroatoms. The molecule has 2 aliphatic heterocycles. The summed E-state index contributed by atoms with van der Waals surface area (Å²) in [5.74, 6) is 0. The van der Waals surface area contributed by atoms with E-state index in [1.54, 1.807) is 0 Å². The van der Waals surface area contributed by atoms with Gasteiger partial charge in [-0.2, -0.15) is 0 Å². The van der Waals surface area contributed by atoms with Crippen molar-refractivity contribution in [1.82, 2.24) is 0 Å². The molecule has 125 valence electrons. The number of rotatable bonds is 1. The zero-order chi connectivity index (χ0) is 17.6. The number of hydrogen-bond acceptors (Lipinski definition) is 1. The Morgan fingerprint density at radius 3 is 2.60 bits per heavy atom. The second kappa shape index (κ2) is 5.95. The molecule has 0 saturated heterocycles. The van der Waals surface area contributed by atoms with Crippen LogP contribution in [0.15, 0.2) is 66.2 Å². The topological polar surface area (TPSA) is 3.24 Å². The molecule has 0 saturated carbocycles. The van der Waals surface area contributed by atoms with Gasteiger partial charge in [-0.1, -0.05) is 80.8 Å². The van der Waals surface area contributed by atoms with Gasteiger partial charge in [-0.05, 0) is 36.1 Å². The summed E-state index contributed by atoms with van der Waals surface area (Å²) in [4.78, 5) is 2.54. The fourth-order valence-corrected chi connectivity index (χ4v) is 4.29. The highest BCUT2D eigenvalue weighted by Gasteiger charge is 2.38. The molecule has 4 rings (SSSR count). The van der Waals surface area contributed by atoms with Crippen molar-refractivity contribution in [2.45, 2.75) is 45.5 Å². The van der Waals surface area contributed by atoms with Gasteiger partial charge in [-0.3, -0.25) is 0 Å². The third kappa shape index (κ3) is 2.47. The molecule has 0 bridgehead atoms. The van der Waals surface area contributed by atoms with E-state index in [2.05, 4.69) is 100 Å². The van der Waals surface area contributed by atoms with Crippen molar-refractivity contribution in [1.29, 1.82) is 0 Å². The number of hydrogen-bond donors (Lipinski definition) is 0. The number of benzene rings is 2. The van der Waals surface area contributed by atoms with Crippen molar-refractivity contribution in [2.75, 3.05) is 4.90 Å². The minimum Gasteiger partial charge on any atom is -0.334 e. The first-order chi connectivity index (χ1) is 12.0. The van der Waals surface area contributed by atoms with Crippen molar-refractivity contribution >= 4 is 18.7 Å². The lowest BCUT2D eigenvalue weighted by Crippen LogP contribution is -2.37. The Morgan fingerprint density at radius 1 is 1.04 bits per heavy atom. The van der Waals surface area contributed by atoms with E-state index in [4.69, 9.17) is 0 Å². The average molecular weight is 326 g/mol. The minimum absolute atomic E-state index is 0.0132. The van der Waals surface area contributed by atoms with Crippen LogP contribution in [0.1, 0.15) is 37.5 Å². The monoisotopic (exact) mass is 326 g/mol. The van der Waals surface area contributed by atoms with Crippen LogP contribution < -0.4 is 4.90 Å². The van der Waals surface area contributed by atoms with Crippen molar-refractivity contribution < 1.29 is 0 Å². The van der Waals surface area contributed by atoms with E-state index in [9.17, 15) is 0 Å². The zero-order valence-electron chi connectivity index (χ0n) is 15.6. The molecule has 2 aromatic rings. The maximum Gasteiger partial charge on any atom is 0.147 e. The van der Waals surface area contributed by atoms with E-state index in [1.807, 2.05) is 0 Å². The molecular formula is C23H25BN. The average Bonchev–Trinajstić information content (AvgIpc) is 2.68. The van der Waals surface area contributed by atoms with Crippen molar-refractivity contribution in [3.63, 3.8) is 0 Å². The maximum absolute atomic E-state index is 2.54. The summed E-state index contributed by atoms with van der Waals surface area (Å²) in [5.41, 5.74) is 8.31. The summed E-state index contributed by atoms with van der Waals surface area (Å²) in [6.07, 6.45) is 7.90. The van der Waals surface area contributed by atoms with E-state index in [-0.39, 0.29) is 5.41 Å². The number of anilines is 2. The first-order valence-electron chi connectivity index (χ1n) is 9.23. The van der Waals surface area contributed by atoms with Gasteiger partial charge in [0.1, 0.15) is 7.28 Å². The van der Waals surface area contributed by atoms with E-state index in [1.165, 1.54) is 33.5 Å². The van der Waals surface area contributed by atoms with Crippen LogP contribution in [0.25, 0.3) is 0 Å². The quantitative estimate of drug-likeness (QED) is 0.617. The fraction of sp³-hybridized carbons (Fsp3) is 0.304. The van der Waals surface area contributed by atoms with Crippen LogP contribution in [0, 0.1) is 0 Å². The smallest absolute Gasteiger partial charge is 0.147 e. The molecule has 0 N–H and O–H groups in total. The molecule has 0 spiro atoms. The largest absolute Gasteiger partial charge is 0.334 e. The predicted molar refractivity (Wildman–Crippen MR) is 109 cm³/mol. The van der Waals surface area contributed by atoms with Crippen LogP contribution in [0.5, 0.6) is 0 Å². The molecule has 1 radical (unpaired) electrons. The second-order valence-electron chi connectivity index (χ2n) is 7.62. The third-order valence-corrected chi connectivity index (χ3v) is 5.74. The summed E-state index contributed by atoms with van der Waals surface area (Å²) >= 11 is 0. The number of fused-ring (bicyclic) bond motifs is 2. The van der Waals surface area contributed by atoms with E-state index in [0.717, 1.165) is 6.42 Å². The highest BCUT2D eigenvalue weighted by molar-refractivity contribution is 6.44. The predicted octanol–water partition coefficient (Wildman–Crippen LogP) is 5.60. The Bertz CT molecular complexity index is 875. The molecule has 25 heavy (non-hydrogen) atoms. The lowest BCUT2D eigenvalue weighted by molar-refractivity contribution is 0.617. The maximum atomic E-state index is 2.54. The lowest BCUT2D eigenvalue weighted by Gasteiger charge is -2.45. The minimum atomic E-state index is 0.0132. The second-order valence-corrected chi connectivity index (χ2v) is 7.62. The lowest BCUT2D eigenvalue weighted by atomic mass is 9.71. The van der Waals surface area contributed by atoms with Gasteiger partial charge in [-0.25, -0.2) is 0 Å². The van der Waals surface area contributed by atoms with Crippen LogP contribution in [0.3, 0.4) is 0 Å². The van der Waals surface area contributed by atoms with Crippen molar-refractivity contribution in [3.05, 3.63) is 82.9 Å². The van der Waals surface area contributed by atoms with Gasteiger partial charge in [0, 0.05) is 22.8 Å². The Kier molecular flexibility index (Phi) is 3.87. The SMILES string of the molecule is C[B]C1=CCc2cccc3c2N(c2ccccc2C3(C)C)C(C)C=C1. The molecular weight excluding hydrogens is 301 g/mol. The highest BCUT2D eigenvalue weighted by Crippen LogP contribution is 2.51. The number of nitrogens with zero attached hydrogens (tertiary/aromatic N) is 1. The molecule has 0 aliphatic carbocycles. The van der Waals surface area contributed by atoms with Gasteiger partial charge >= 0.3 is 0 Å². The molecule has 0 aromatic heterocycles. The summed E-state index contributed by atoms with van der Waals surface area (Å²) in [7, 11) is 2.19. The van der Waals surface area contributed by atoms with E-state index < -0.39 is 0 Å². The van der Waals surface area contributed by atoms with Gasteiger partial charge in [0.15, 0.2) is 0 Å². The van der Waals surface area contributed by atoms with Crippen LogP contribution >= 0.6 is 0 Å². The van der Waals surface area contributed by atoms with E-state index >= 15 is 0 Å². The summed E-state index contributed by atoms with van der Waals surface area (Å²) < 4.78 is 0. The third-order valence-electron chi connectivity index (χ3n) is 5.74. The standard InChI is InChI=1S/C23H25BN/c1-16-12-14-18(24-4)15-13-17-8-7-10-20-22(17)25(16)21-11-6-5-9-19(21)23(20,2)3/h5-12,14-16H,13H2,1-4H3. The highest BCUT2D eigenvalue weighted by atomic mass is 15.2. The van der Waals surface area contributed by atoms with Gasteiger partial charge < -0.3 is 4.90 Å². The summed E-state index contributed by atoms with van der Waals surface area (Å²) in [6.45, 7) is 9.12. The van der Waals surface area contributed by atoms with Crippen LogP contribution in [-0.4, -0.2) is 13.3 Å². The Hall–Kier alpha value is -2.22. The van der Waals surface area contributed by atoms with Crippen molar-refractivity contribution in [3.8, 4) is 0 Å². The van der Waals surface area contributed by atoms with Crippen LogP contribution in [0.4, 0.5) is 11.4 Å². The van der Waals surface area contributed by atoms with Crippen molar-refractivity contribution in [2.24, 2.45) is 0 Å². The molecule has 1 unspecified atom stereocenters. The molecule has 0 amide bonds. The van der Waals surface area contributed by atoms with Gasteiger partial charge in [0.25, 0.3) is 0 Å². The zero-order valence-corrected chi connectivity index (χ0v) is 15.6. The molecule has 1 nitrogen and oxygen atoms in total. The first-order valence-corrected chi connectivity index (χ1v) is 9.23. The van der Waals surface area contributed by atoms with Gasteiger partial charge in [0.2, 0.25) is 0 Å². The molecule has 1 atom stereocenters. The normalized spacial score (nSPS) is 20.6. The molecule has 2 aromatic carbocycles. The number of allylic oxidation sites excluding steroid dienone is 3. The van der Waals surface area contributed by atoms with Crippen LogP contribution in [-0.2, 0) is 11.8 Å². The number of para-hydroxylation sites is 2. The molecule has 0 fully saturated rings. The molecule has 2 heterocycles. The van der Waals surface area contributed by atoms with E-state index in [0.29, 0.717) is 6.04 Å². The fourth-order valence-electron chi connectivity index (χ4n) is 4.29. The molecule has 2 aliphatic rings. The van der Waals surface area contributed by atoms with Crippen LogP contribution in [0.2, 0.25) is 6.82 Å².